The predicted octanol–water partition coefficient (Wildman–Crippen LogP) is 2.80. The van der Waals surface area contributed by atoms with Gasteiger partial charge in [-0.2, -0.15) is 11.8 Å². The van der Waals surface area contributed by atoms with Crippen molar-refractivity contribution < 1.29 is 4.74 Å². The van der Waals surface area contributed by atoms with Crippen LogP contribution in [0.15, 0.2) is 24.3 Å². The maximum Gasteiger partial charge on any atom is 0.119 e. The summed E-state index contributed by atoms with van der Waals surface area (Å²) in [6, 6.07) is 7.40. The highest BCUT2D eigenvalue weighted by atomic mass is 35.5. The molecular weight excluding hydrogens is 230 g/mol. The highest BCUT2D eigenvalue weighted by Gasteiger charge is 1.99. The minimum absolute atomic E-state index is 0.499. The SMILES string of the molecule is CC(CN)SCCOc1ccc(Cl)cc1. The lowest BCUT2D eigenvalue weighted by Crippen LogP contribution is -2.14. The first kappa shape index (κ1) is 12.7. The fourth-order valence-corrected chi connectivity index (χ4v) is 1.85. The van der Waals surface area contributed by atoms with Crippen LogP contribution in [0.3, 0.4) is 0 Å². The number of benzene rings is 1. The Morgan fingerprint density at radius 1 is 1.40 bits per heavy atom. The zero-order valence-corrected chi connectivity index (χ0v) is 10.4. The van der Waals surface area contributed by atoms with Crippen LogP contribution >= 0.6 is 23.4 Å². The van der Waals surface area contributed by atoms with Crippen molar-refractivity contribution in [2.75, 3.05) is 18.9 Å². The Hall–Kier alpha value is -0.380. The second-order valence-electron chi connectivity index (χ2n) is 3.22. The quantitative estimate of drug-likeness (QED) is 0.783. The van der Waals surface area contributed by atoms with Crippen molar-refractivity contribution in [1.29, 1.82) is 0 Å². The van der Waals surface area contributed by atoms with Gasteiger partial charge in [0.15, 0.2) is 0 Å². The summed E-state index contributed by atoms with van der Waals surface area (Å²) in [7, 11) is 0. The summed E-state index contributed by atoms with van der Waals surface area (Å²) in [5.74, 6) is 1.82. The first-order valence-corrected chi connectivity index (χ1v) is 6.35. The maximum atomic E-state index is 5.76. The summed E-state index contributed by atoms with van der Waals surface area (Å²) in [5.41, 5.74) is 5.51. The molecule has 2 nitrogen and oxygen atoms in total. The average Bonchev–Trinajstić information content (AvgIpc) is 2.26. The van der Waals surface area contributed by atoms with E-state index in [1.54, 1.807) is 0 Å². The molecule has 1 atom stereocenters. The molecule has 84 valence electrons. The second kappa shape index (κ2) is 6.99. The summed E-state index contributed by atoms with van der Waals surface area (Å²) < 4.78 is 5.54. The second-order valence-corrected chi connectivity index (χ2v) is 5.20. The molecule has 0 aromatic heterocycles. The Morgan fingerprint density at radius 2 is 2.07 bits per heavy atom. The first-order chi connectivity index (χ1) is 7.22. The number of nitrogens with two attached hydrogens (primary N) is 1. The third-order valence-corrected chi connectivity index (χ3v) is 3.32. The van der Waals surface area contributed by atoms with Crippen LogP contribution in [0.1, 0.15) is 6.92 Å². The fourth-order valence-electron chi connectivity index (χ4n) is 1.01. The van der Waals surface area contributed by atoms with Gasteiger partial charge in [-0.05, 0) is 24.3 Å². The number of hydrogen-bond acceptors (Lipinski definition) is 3. The van der Waals surface area contributed by atoms with E-state index < -0.39 is 0 Å². The van der Waals surface area contributed by atoms with E-state index in [9.17, 15) is 0 Å². The molecule has 0 aliphatic carbocycles. The van der Waals surface area contributed by atoms with Crippen LogP contribution in [-0.2, 0) is 0 Å². The van der Waals surface area contributed by atoms with Crippen molar-refractivity contribution in [3.63, 3.8) is 0 Å². The molecule has 1 unspecified atom stereocenters. The molecule has 0 aliphatic heterocycles. The summed E-state index contributed by atoms with van der Waals surface area (Å²) in [6.07, 6.45) is 0. The van der Waals surface area contributed by atoms with E-state index in [2.05, 4.69) is 6.92 Å². The van der Waals surface area contributed by atoms with Gasteiger partial charge >= 0.3 is 0 Å². The lowest BCUT2D eigenvalue weighted by molar-refractivity contribution is 0.344. The molecule has 0 radical (unpaired) electrons. The number of ether oxygens (including phenoxy) is 1. The molecule has 0 aliphatic rings. The van der Waals surface area contributed by atoms with Crippen LogP contribution in [0.2, 0.25) is 5.02 Å². The van der Waals surface area contributed by atoms with Crippen molar-refractivity contribution in [2.24, 2.45) is 5.73 Å². The zero-order chi connectivity index (χ0) is 11.1. The van der Waals surface area contributed by atoms with E-state index in [0.29, 0.717) is 18.4 Å². The Kier molecular flexibility index (Phi) is 5.91. The maximum absolute atomic E-state index is 5.76. The van der Waals surface area contributed by atoms with E-state index in [1.165, 1.54) is 0 Å². The van der Waals surface area contributed by atoms with Gasteiger partial charge in [0, 0.05) is 22.6 Å². The zero-order valence-electron chi connectivity index (χ0n) is 8.78. The van der Waals surface area contributed by atoms with E-state index in [-0.39, 0.29) is 0 Å². The normalized spacial score (nSPS) is 12.5. The first-order valence-electron chi connectivity index (χ1n) is 4.92. The minimum Gasteiger partial charge on any atom is -0.493 e. The standard InChI is InChI=1S/C11H16ClNOS/c1-9(8-13)15-7-6-14-11-4-2-10(12)3-5-11/h2-5,9H,6-8,13H2,1H3. The molecule has 4 heteroatoms. The number of rotatable bonds is 6. The van der Waals surface area contributed by atoms with Gasteiger partial charge in [0.1, 0.15) is 5.75 Å². The molecule has 0 heterocycles. The van der Waals surface area contributed by atoms with Gasteiger partial charge < -0.3 is 10.5 Å². The van der Waals surface area contributed by atoms with E-state index in [1.807, 2.05) is 36.0 Å². The van der Waals surface area contributed by atoms with Gasteiger partial charge in [0.05, 0.1) is 6.61 Å². The van der Waals surface area contributed by atoms with Gasteiger partial charge in [-0.25, -0.2) is 0 Å². The summed E-state index contributed by atoms with van der Waals surface area (Å²) in [5, 5.41) is 1.23. The fraction of sp³-hybridized carbons (Fsp3) is 0.455. The Labute approximate surface area is 100 Å². The summed E-state index contributed by atoms with van der Waals surface area (Å²) in [6.45, 7) is 3.54. The van der Waals surface area contributed by atoms with Crippen molar-refractivity contribution in [3.05, 3.63) is 29.3 Å². The molecule has 0 saturated heterocycles. The van der Waals surface area contributed by atoms with Crippen LogP contribution in [0, 0.1) is 0 Å². The molecule has 1 aromatic rings. The van der Waals surface area contributed by atoms with Gasteiger partial charge in [0.2, 0.25) is 0 Å². The molecule has 0 saturated carbocycles. The van der Waals surface area contributed by atoms with Gasteiger partial charge in [0.25, 0.3) is 0 Å². The molecular formula is C11H16ClNOS. The molecule has 15 heavy (non-hydrogen) atoms. The van der Waals surface area contributed by atoms with Crippen LogP contribution in [-0.4, -0.2) is 24.2 Å². The number of halogens is 1. The summed E-state index contributed by atoms with van der Waals surface area (Å²) in [4.78, 5) is 0. The van der Waals surface area contributed by atoms with Crippen LogP contribution in [0.25, 0.3) is 0 Å². The molecule has 0 bridgehead atoms. The highest BCUT2D eigenvalue weighted by Crippen LogP contribution is 2.16. The van der Waals surface area contributed by atoms with Gasteiger partial charge in [-0.15, -0.1) is 0 Å². The Morgan fingerprint density at radius 3 is 2.67 bits per heavy atom. The lowest BCUT2D eigenvalue weighted by atomic mass is 10.3. The van der Waals surface area contributed by atoms with Crippen molar-refractivity contribution >= 4 is 23.4 Å². The van der Waals surface area contributed by atoms with E-state index in [4.69, 9.17) is 22.1 Å². The monoisotopic (exact) mass is 245 g/mol. The Balaban J connectivity index is 2.17. The number of thioether (sulfide) groups is 1. The summed E-state index contributed by atoms with van der Waals surface area (Å²) >= 11 is 7.58. The molecule has 0 amide bonds. The van der Waals surface area contributed by atoms with E-state index >= 15 is 0 Å². The van der Waals surface area contributed by atoms with Crippen LogP contribution in [0.4, 0.5) is 0 Å². The molecule has 0 spiro atoms. The molecule has 1 aromatic carbocycles. The lowest BCUT2D eigenvalue weighted by Gasteiger charge is -2.09. The van der Waals surface area contributed by atoms with Gasteiger partial charge in [-0.1, -0.05) is 18.5 Å². The Bertz CT molecular complexity index is 278. The minimum atomic E-state index is 0.499. The number of hydrogen-bond donors (Lipinski definition) is 1. The average molecular weight is 246 g/mol. The largest absolute Gasteiger partial charge is 0.493 e. The van der Waals surface area contributed by atoms with Crippen LogP contribution in [0.5, 0.6) is 5.75 Å². The third kappa shape index (κ3) is 5.30. The smallest absolute Gasteiger partial charge is 0.119 e. The van der Waals surface area contributed by atoms with Crippen molar-refractivity contribution in [3.8, 4) is 5.75 Å². The van der Waals surface area contributed by atoms with Crippen molar-refractivity contribution in [2.45, 2.75) is 12.2 Å². The third-order valence-electron chi connectivity index (χ3n) is 1.90. The van der Waals surface area contributed by atoms with E-state index in [0.717, 1.165) is 16.5 Å². The molecule has 2 N–H and O–H groups in total. The van der Waals surface area contributed by atoms with Crippen molar-refractivity contribution in [1.82, 2.24) is 0 Å². The topological polar surface area (TPSA) is 35.2 Å². The highest BCUT2D eigenvalue weighted by molar-refractivity contribution is 7.99. The molecule has 1 rings (SSSR count). The molecule has 0 fully saturated rings. The van der Waals surface area contributed by atoms with Gasteiger partial charge in [-0.3, -0.25) is 0 Å². The predicted molar refractivity (Wildman–Crippen MR) is 67.9 cm³/mol. The van der Waals surface area contributed by atoms with Crippen LogP contribution < -0.4 is 10.5 Å².